The molecule has 21 heavy (non-hydrogen) atoms. The Bertz CT molecular complexity index is 596. The van der Waals surface area contributed by atoms with Gasteiger partial charge in [-0.2, -0.15) is 0 Å². The maximum absolute atomic E-state index is 4.54. The van der Waals surface area contributed by atoms with Crippen molar-refractivity contribution >= 4 is 22.7 Å². The fourth-order valence-corrected chi connectivity index (χ4v) is 4.76. The Hall–Kier alpha value is -1.13. The molecule has 1 fully saturated rings. The van der Waals surface area contributed by atoms with E-state index in [0.717, 1.165) is 16.5 Å². The minimum atomic E-state index is 0.589. The van der Waals surface area contributed by atoms with Crippen molar-refractivity contribution in [2.45, 2.75) is 48.9 Å². The van der Waals surface area contributed by atoms with Crippen molar-refractivity contribution < 1.29 is 0 Å². The summed E-state index contributed by atoms with van der Waals surface area (Å²) in [6, 6.07) is 8.89. The molecule has 4 heteroatoms. The van der Waals surface area contributed by atoms with Crippen LogP contribution in [-0.4, -0.2) is 28.3 Å². The SMILES string of the molecule is CCC1CCC(NC)C(Sc2ncnc3ccccc23)C1. The molecule has 1 aliphatic carbocycles. The predicted octanol–water partition coefficient (Wildman–Crippen LogP) is 3.89. The van der Waals surface area contributed by atoms with Gasteiger partial charge in [-0.25, -0.2) is 9.97 Å². The summed E-state index contributed by atoms with van der Waals surface area (Å²) in [5.74, 6) is 0.861. The van der Waals surface area contributed by atoms with Gasteiger partial charge in [-0.15, -0.1) is 11.8 Å². The smallest absolute Gasteiger partial charge is 0.117 e. The molecule has 3 nitrogen and oxygen atoms in total. The van der Waals surface area contributed by atoms with Crippen molar-refractivity contribution in [1.82, 2.24) is 15.3 Å². The molecular formula is C17H23N3S. The lowest BCUT2D eigenvalue weighted by Crippen LogP contribution is -2.40. The fourth-order valence-electron chi connectivity index (χ4n) is 3.26. The fraction of sp³-hybridized carbons (Fsp3) is 0.529. The predicted molar refractivity (Wildman–Crippen MR) is 89.7 cm³/mol. The third-order valence-corrected chi connectivity index (χ3v) is 5.99. The van der Waals surface area contributed by atoms with Gasteiger partial charge in [-0.05, 0) is 38.3 Å². The summed E-state index contributed by atoms with van der Waals surface area (Å²) < 4.78 is 0. The van der Waals surface area contributed by atoms with E-state index in [0.29, 0.717) is 11.3 Å². The molecule has 0 radical (unpaired) electrons. The van der Waals surface area contributed by atoms with Crippen molar-refractivity contribution in [2.75, 3.05) is 7.05 Å². The van der Waals surface area contributed by atoms with E-state index in [1.165, 1.54) is 31.1 Å². The maximum atomic E-state index is 4.54. The van der Waals surface area contributed by atoms with Crippen LogP contribution in [0, 0.1) is 5.92 Å². The highest BCUT2D eigenvalue weighted by atomic mass is 32.2. The van der Waals surface area contributed by atoms with Crippen molar-refractivity contribution in [3.8, 4) is 0 Å². The first kappa shape index (κ1) is 14.8. The van der Waals surface area contributed by atoms with Gasteiger partial charge in [0.25, 0.3) is 0 Å². The number of aromatic nitrogens is 2. The molecule has 1 saturated carbocycles. The van der Waals surface area contributed by atoms with E-state index in [9.17, 15) is 0 Å². The summed E-state index contributed by atoms with van der Waals surface area (Å²) in [6.07, 6.45) is 6.89. The molecule has 2 aromatic rings. The first-order valence-corrected chi connectivity index (χ1v) is 8.73. The van der Waals surface area contributed by atoms with Gasteiger partial charge in [-0.3, -0.25) is 0 Å². The van der Waals surface area contributed by atoms with Crippen LogP contribution in [0.25, 0.3) is 10.9 Å². The Labute approximate surface area is 131 Å². The summed E-state index contributed by atoms with van der Waals surface area (Å²) in [5, 5.41) is 6.41. The van der Waals surface area contributed by atoms with Crippen LogP contribution in [-0.2, 0) is 0 Å². The minimum absolute atomic E-state index is 0.589. The Balaban J connectivity index is 1.85. The molecule has 1 aliphatic rings. The molecular weight excluding hydrogens is 278 g/mol. The van der Waals surface area contributed by atoms with Crippen molar-refractivity contribution in [3.63, 3.8) is 0 Å². The molecule has 0 saturated heterocycles. The molecule has 1 aromatic carbocycles. The van der Waals surface area contributed by atoms with E-state index in [-0.39, 0.29) is 0 Å². The van der Waals surface area contributed by atoms with Crippen LogP contribution in [0.4, 0.5) is 0 Å². The van der Waals surface area contributed by atoms with Gasteiger partial charge in [0.05, 0.1) is 5.52 Å². The molecule has 1 N–H and O–H groups in total. The van der Waals surface area contributed by atoms with Gasteiger partial charge >= 0.3 is 0 Å². The molecule has 1 aromatic heterocycles. The van der Waals surface area contributed by atoms with Crippen LogP contribution in [0.5, 0.6) is 0 Å². The Morgan fingerprint density at radius 3 is 2.90 bits per heavy atom. The lowest BCUT2D eigenvalue weighted by molar-refractivity contribution is 0.304. The van der Waals surface area contributed by atoms with Crippen molar-refractivity contribution in [3.05, 3.63) is 30.6 Å². The number of hydrogen-bond donors (Lipinski definition) is 1. The van der Waals surface area contributed by atoms with E-state index in [1.807, 2.05) is 17.8 Å². The molecule has 0 aliphatic heterocycles. The largest absolute Gasteiger partial charge is 0.316 e. The van der Waals surface area contributed by atoms with Gasteiger partial charge in [-0.1, -0.05) is 31.5 Å². The van der Waals surface area contributed by atoms with Gasteiger partial charge < -0.3 is 5.32 Å². The minimum Gasteiger partial charge on any atom is -0.316 e. The topological polar surface area (TPSA) is 37.8 Å². The summed E-state index contributed by atoms with van der Waals surface area (Å²) in [4.78, 5) is 8.91. The first-order chi connectivity index (χ1) is 10.3. The molecule has 112 valence electrons. The number of nitrogens with zero attached hydrogens (tertiary/aromatic N) is 2. The molecule has 3 atom stereocenters. The number of nitrogens with one attached hydrogen (secondary N) is 1. The number of benzene rings is 1. The summed E-state index contributed by atoms with van der Waals surface area (Å²) in [5.41, 5.74) is 1.04. The van der Waals surface area contributed by atoms with Crippen LogP contribution in [0.3, 0.4) is 0 Å². The quantitative estimate of drug-likeness (QED) is 0.870. The summed E-state index contributed by atoms with van der Waals surface area (Å²) in [6.45, 7) is 2.31. The number of para-hydroxylation sites is 1. The van der Waals surface area contributed by atoms with E-state index in [4.69, 9.17) is 0 Å². The highest BCUT2D eigenvalue weighted by Crippen LogP contribution is 2.38. The van der Waals surface area contributed by atoms with Crippen LogP contribution in [0.2, 0.25) is 0 Å². The van der Waals surface area contributed by atoms with Crippen LogP contribution < -0.4 is 5.32 Å². The van der Waals surface area contributed by atoms with E-state index in [1.54, 1.807) is 6.33 Å². The zero-order chi connectivity index (χ0) is 14.7. The Kier molecular flexibility index (Phi) is 4.76. The Morgan fingerprint density at radius 1 is 1.24 bits per heavy atom. The zero-order valence-electron chi connectivity index (χ0n) is 12.7. The highest BCUT2D eigenvalue weighted by Gasteiger charge is 2.30. The standard InChI is InChI=1S/C17H23N3S/c1-3-12-8-9-15(18-2)16(10-12)21-17-13-6-4-5-7-14(13)19-11-20-17/h4-7,11-12,15-16,18H,3,8-10H2,1-2H3. The second kappa shape index (κ2) is 6.75. The summed E-state index contributed by atoms with van der Waals surface area (Å²) in [7, 11) is 2.09. The Morgan fingerprint density at radius 2 is 2.10 bits per heavy atom. The van der Waals surface area contributed by atoms with Crippen LogP contribution in [0.1, 0.15) is 32.6 Å². The number of hydrogen-bond acceptors (Lipinski definition) is 4. The molecule has 0 bridgehead atoms. The average Bonchev–Trinajstić information content (AvgIpc) is 2.55. The molecule has 1 heterocycles. The van der Waals surface area contributed by atoms with E-state index in [2.05, 4.69) is 47.5 Å². The van der Waals surface area contributed by atoms with Gasteiger partial charge in [0.2, 0.25) is 0 Å². The van der Waals surface area contributed by atoms with E-state index < -0.39 is 0 Å². The molecule has 3 rings (SSSR count). The second-order valence-corrected chi connectivity index (χ2v) is 7.06. The number of thioether (sulfide) groups is 1. The maximum Gasteiger partial charge on any atom is 0.117 e. The average molecular weight is 301 g/mol. The van der Waals surface area contributed by atoms with Crippen LogP contribution >= 0.6 is 11.8 Å². The van der Waals surface area contributed by atoms with Crippen molar-refractivity contribution in [2.24, 2.45) is 5.92 Å². The highest BCUT2D eigenvalue weighted by molar-refractivity contribution is 8.00. The summed E-state index contributed by atoms with van der Waals surface area (Å²) >= 11 is 1.93. The van der Waals surface area contributed by atoms with Gasteiger partial charge in [0.1, 0.15) is 11.4 Å². The number of rotatable bonds is 4. The second-order valence-electron chi connectivity index (χ2n) is 5.83. The third kappa shape index (κ3) is 3.22. The number of fused-ring (bicyclic) bond motifs is 1. The normalized spacial score (nSPS) is 26.1. The van der Waals surface area contributed by atoms with Gasteiger partial charge in [0, 0.05) is 16.7 Å². The molecule has 3 unspecified atom stereocenters. The van der Waals surface area contributed by atoms with Crippen LogP contribution in [0.15, 0.2) is 35.6 Å². The lowest BCUT2D eigenvalue weighted by Gasteiger charge is -2.35. The van der Waals surface area contributed by atoms with Gasteiger partial charge in [0.15, 0.2) is 0 Å². The molecule has 0 amide bonds. The lowest BCUT2D eigenvalue weighted by atomic mass is 9.84. The zero-order valence-corrected chi connectivity index (χ0v) is 13.6. The van der Waals surface area contributed by atoms with E-state index >= 15 is 0 Å². The molecule has 0 spiro atoms. The first-order valence-electron chi connectivity index (χ1n) is 7.85. The monoisotopic (exact) mass is 301 g/mol. The third-order valence-electron chi connectivity index (χ3n) is 4.62. The van der Waals surface area contributed by atoms with Crippen molar-refractivity contribution in [1.29, 1.82) is 0 Å².